The summed E-state index contributed by atoms with van der Waals surface area (Å²) in [5, 5.41) is 3.00. The van der Waals surface area contributed by atoms with Crippen LogP contribution in [0, 0.1) is 19.7 Å². The number of hydrogen-bond acceptors (Lipinski definition) is 3. The van der Waals surface area contributed by atoms with Gasteiger partial charge >= 0.3 is 0 Å². The third kappa shape index (κ3) is 3.08. The number of nitrogens with zero attached hydrogens (tertiary/aromatic N) is 2. The second-order valence-corrected chi connectivity index (χ2v) is 4.59. The van der Waals surface area contributed by atoms with E-state index in [1.54, 1.807) is 6.92 Å². The molecule has 2 rings (SSSR count). The van der Waals surface area contributed by atoms with Gasteiger partial charge in [0.2, 0.25) is 0 Å². The number of halogens is 1. The van der Waals surface area contributed by atoms with E-state index in [9.17, 15) is 4.39 Å². The summed E-state index contributed by atoms with van der Waals surface area (Å²) in [6.45, 7) is 6.39. The highest BCUT2D eigenvalue weighted by Crippen LogP contribution is 2.21. The van der Waals surface area contributed by atoms with E-state index in [0.29, 0.717) is 18.1 Å². The minimum atomic E-state index is -0.371. The van der Waals surface area contributed by atoms with Crippen molar-refractivity contribution in [3.05, 3.63) is 41.3 Å². The Hall–Kier alpha value is -1.97. The SMILES string of the molecule is CCCNc1nc(-c2cccc(C)c2)nc(C)c1F. The number of nitrogens with one attached hydrogen (secondary N) is 1. The van der Waals surface area contributed by atoms with Gasteiger partial charge in [0, 0.05) is 12.1 Å². The molecule has 0 saturated carbocycles. The number of aryl methyl sites for hydroxylation is 2. The maximum Gasteiger partial charge on any atom is 0.186 e. The van der Waals surface area contributed by atoms with E-state index < -0.39 is 0 Å². The number of hydrogen-bond donors (Lipinski definition) is 1. The summed E-state index contributed by atoms with van der Waals surface area (Å²) >= 11 is 0. The van der Waals surface area contributed by atoms with Gasteiger partial charge in [-0.3, -0.25) is 0 Å². The Labute approximate surface area is 112 Å². The highest BCUT2D eigenvalue weighted by Gasteiger charge is 2.12. The molecule has 0 radical (unpaired) electrons. The average molecular weight is 259 g/mol. The number of rotatable bonds is 4. The van der Waals surface area contributed by atoms with E-state index in [1.165, 1.54) is 0 Å². The molecule has 0 spiro atoms. The van der Waals surface area contributed by atoms with Crippen LogP contribution in [0.5, 0.6) is 0 Å². The Morgan fingerprint density at radius 3 is 2.68 bits per heavy atom. The lowest BCUT2D eigenvalue weighted by Crippen LogP contribution is -2.08. The van der Waals surface area contributed by atoms with Crippen molar-refractivity contribution in [1.29, 1.82) is 0 Å². The van der Waals surface area contributed by atoms with Gasteiger partial charge in [0.15, 0.2) is 17.5 Å². The molecule has 1 aromatic heterocycles. The second-order valence-electron chi connectivity index (χ2n) is 4.59. The van der Waals surface area contributed by atoms with Crippen LogP contribution >= 0.6 is 0 Å². The average Bonchev–Trinajstić information content (AvgIpc) is 2.40. The minimum Gasteiger partial charge on any atom is -0.368 e. The second kappa shape index (κ2) is 5.78. The molecular formula is C15H18FN3. The van der Waals surface area contributed by atoms with Gasteiger partial charge in [0.1, 0.15) is 0 Å². The molecule has 3 nitrogen and oxygen atoms in total. The van der Waals surface area contributed by atoms with Crippen molar-refractivity contribution >= 4 is 5.82 Å². The van der Waals surface area contributed by atoms with Crippen molar-refractivity contribution in [2.75, 3.05) is 11.9 Å². The Balaban J connectivity index is 2.44. The van der Waals surface area contributed by atoms with Crippen LogP contribution in [-0.4, -0.2) is 16.5 Å². The van der Waals surface area contributed by atoms with Gasteiger partial charge < -0.3 is 5.32 Å². The third-order valence-electron chi connectivity index (χ3n) is 2.84. The number of anilines is 1. The lowest BCUT2D eigenvalue weighted by atomic mass is 10.1. The molecule has 0 bridgehead atoms. The van der Waals surface area contributed by atoms with E-state index in [1.807, 2.05) is 38.1 Å². The summed E-state index contributed by atoms with van der Waals surface area (Å²) in [5.74, 6) is 0.469. The highest BCUT2D eigenvalue weighted by molar-refractivity contribution is 5.58. The summed E-state index contributed by atoms with van der Waals surface area (Å²) < 4.78 is 13.9. The zero-order chi connectivity index (χ0) is 13.8. The van der Waals surface area contributed by atoms with Crippen LogP contribution < -0.4 is 5.32 Å². The van der Waals surface area contributed by atoms with Crippen LogP contribution in [-0.2, 0) is 0 Å². The summed E-state index contributed by atoms with van der Waals surface area (Å²) in [6, 6.07) is 7.89. The van der Waals surface area contributed by atoms with E-state index >= 15 is 0 Å². The third-order valence-corrected chi connectivity index (χ3v) is 2.84. The van der Waals surface area contributed by atoms with Gasteiger partial charge in [-0.2, -0.15) is 0 Å². The van der Waals surface area contributed by atoms with Crippen molar-refractivity contribution in [3.8, 4) is 11.4 Å². The minimum absolute atomic E-state index is 0.283. The first-order valence-electron chi connectivity index (χ1n) is 6.47. The van der Waals surface area contributed by atoms with Gasteiger partial charge in [-0.05, 0) is 26.3 Å². The summed E-state index contributed by atoms with van der Waals surface area (Å²) in [6.07, 6.45) is 0.919. The van der Waals surface area contributed by atoms with Crippen LogP contribution in [0.1, 0.15) is 24.6 Å². The van der Waals surface area contributed by atoms with E-state index in [0.717, 1.165) is 17.5 Å². The van der Waals surface area contributed by atoms with Crippen LogP contribution in [0.15, 0.2) is 24.3 Å². The molecule has 0 fully saturated rings. The lowest BCUT2D eigenvalue weighted by molar-refractivity contribution is 0.605. The molecule has 100 valence electrons. The van der Waals surface area contributed by atoms with Gasteiger partial charge in [-0.1, -0.05) is 30.7 Å². The molecule has 2 aromatic rings. The van der Waals surface area contributed by atoms with Crippen molar-refractivity contribution in [3.63, 3.8) is 0 Å². The van der Waals surface area contributed by atoms with E-state index in [2.05, 4.69) is 15.3 Å². The lowest BCUT2D eigenvalue weighted by Gasteiger charge is -2.09. The molecular weight excluding hydrogens is 241 g/mol. The van der Waals surface area contributed by atoms with Crippen LogP contribution in [0.25, 0.3) is 11.4 Å². The van der Waals surface area contributed by atoms with Crippen LogP contribution in [0.3, 0.4) is 0 Å². The standard InChI is InChI=1S/C15H18FN3/c1-4-8-17-15-13(16)11(3)18-14(19-15)12-7-5-6-10(2)9-12/h5-7,9H,4,8H2,1-3H3,(H,17,18,19). The van der Waals surface area contributed by atoms with Crippen molar-refractivity contribution in [2.24, 2.45) is 0 Å². The Kier molecular flexibility index (Phi) is 4.10. The molecule has 0 saturated heterocycles. The molecule has 0 aliphatic carbocycles. The van der Waals surface area contributed by atoms with Gasteiger partial charge in [0.05, 0.1) is 5.69 Å². The Morgan fingerprint density at radius 2 is 2.00 bits per heavy atom. The molecule has 1 heterocycles. The summed E-state index contributed by atoms with van der Waals surface area (Å²) in [5.41, 5.74) is 2.40. The van der Waals surface area contributed by atoms with Gasteiger partial charge in [-0.15, -0.1) is 0 Å². The largest absolute Gasteiger partial charge is 0.368 e. The molecule has 19 heavy (non-hydrogen) atoms. The summed E-state index contributed by atoms with van der Waals surface area (Å²) in [7, 11) is 0. The van der Waals surface area contributed by atoms with Crippen molar-refractivity contribution in [2.45, 2.75) is 27.2 Å². The molecule has 0 aliphatic rings. The molecule has 1 N–H and O–H groups in total. The fraction of sp³-hybridized carbons (Fsp3) is 0.333. The first-order valence-corrected chi connectivity index (χ1v) is 6.47. The van der Waals surface area contributed by atoms with Crippen molar-refractivity contribution < 1.29 is 4.39 Å². The Bertz CT molecular complexity index is 582. The fourth-order valence-corrected chi connectivity index (χ4v) is 1.83. The topological polar surface area (TPSA) is 37.8 Å². The zero-order valence-electron chi connectivity index (χ0n) is 11.5. The molecule has 1 aromatic carbocycles. The monoisotopic (exact) mass is 259 g/mol. The van der Waals surface area contributed by atoms with Crippen molar-refractivity contribution in [1.82, 2.24) is 9.97 Å². The van der Waals surface area contributed by atoms with Gasteiger partial charge in [0.25, 0.3) is 0 Å². The predicted molar refractivity (Wildman–Crippen MR) is 75.7 cm³/mol. The molecule has 0 amide bonds. The molecule has 0 unspecified atom stereocenters. The zero-order valence-corrected chi connectivity index (χ0v) is 11.5. The van der Waals surface area contributed by atoms with Gasteiger partial charge in [-0.25, -0.2) is 14.4 Å². The first-order chi connectivity index (χ1) is 9.11. The van der Waals surface area contributed by atoms with Crippen LogP contribution in [0.4, 0.5) is 10.2 Å². The smallest absolute Gasteiger partial charge is 0.186 e. The molecule has 0 aliphatic heterocycles. The molecule has 0 atom stereocenters. The highest BCUT2D eigenvalue weighted by atomic mass is 19.1. The van der Waals surface area contributed by atoms with E-state index in [4.69, 9.17) is 0 Å². The summed E-state index contributed by atoms with van der Waals surface area (Å²) in [4.78, 5) is 8.51. The quantitative estimate of drug-likeness (QED) is 0.909. The Morgan fingerprint density at radius 1 is 1.21 bits per heavy atom. The predicted octanol–water partition coefficient (Wildman–Crippen LogP) is 3.72. The first kappa shape index (κ1) is 13.5. The maximum atomic E-state index is 13.9. The number of benzene rings is 1. The molecule has 4 heteroatoms. The maximum absolute atomic E-state index is 13.9. The fourth-order valence-electron chi connectivity index (χ4n) is 1.83. The normalized spacial score (nSPS) is 10.5. The van der Waals surface area contributed by atoms with E-state index in [-0.39, 0.29) is 11.6 Å². The number of aromatic nitrogens is 2. The van der Waals surface area contributed by atoms with Crippen LogP contribution in [0.2, 0.25) is 0 Å².